The van der Waals surface area contributed by atoms with Gasteiger partial charge < -0.3 is 5.32 Å². The number of nitrogens with zero attached hydrogens (tertiary/aromatic N) is 3. The minimum absolute atomic E-state index is 0.162. The fourth-order valence-electron chi connectivity index (χ4n) is 5.89. The number of nitrogens with one attached hydrogen (secondary N) is 1. The molecule has 0 aliphatic carbocycles. The van der Waals surface area contributed by atoms with Crippen LogP contribution >= 0.6 is 0 Å². The van der Waals surface area contributed by atoms with Crippen molar-refractivity contribution < 1.29 is 9.59 Å². The predicted molar refractivity (Wildman–Crippen MR) is 152 cm³/mol. The quantitative estimate of drug-likeness (QED) is 0.357. The van der Waals surface area contributed by atoms with E-state index in [2.05, 4.69) is 63.6 Å². The average Bonchev–Trinajstić information content (AvgIpc) is 3.26. The highest BCUT2D eigenvalue weighted by Crippen LogP contribution is 2.36. The first kappa shape index (κ1) is 25.0. The van der Waals surface area contributed by atoms with Crippen LogP contribution in [-0.4, -0.2) is 59.5 Å². The van der Waals surface area contributed by atoms with Crippen molar-refractivity contribution in [3.05, 3.63) is 144 Å². The summed E-state index contributed by atoms with van der Waals surface area (Å²) in [5, 5.41) is 3.06. The van der Waals surface area contributed by atoms with Gasteiger partial charge in [0, 0.05) is 26.2 Å². The first-order valence-corrected chi connectivity index (χ1v) is 13.5. The van der Waals surface area contributed by atoms with Crippen molar-refractivity contribution >= 4 is 11.9 Å². The number of hydrogen-bond donors (Lipinski definition) is 1. The molecule has 4 aromatic rings. The highest BCUT2D eigenvalue weighted by Gasteiger charge is 2.54. The Hall–Kier alpha value is -4.26. The van der Waals surface area contributed by atoms with Gasteiger partial charge in [0.15, 0.2) is 5.54 Å². The molecule has 2 heterocycles. The molecule has 39 heavy (non-hydrogen) atoms. The first-order valence-electron chi connectivity index (χ1n) is 13.5. The van der Waals surface area contributed by atoms with Gasteiger partial charge in [-0.2, -0.15) is 0 Å². The second-order valence-electron chi connectivity index (χ2n) is 10.2. The summed E-state index contributed by atoms with van der Waals surface area (Å²) in [6.45, 7) is 3.45. The summed E-state index contributed by atoms with van der Waals surface area (Å²) in [5.74, 6) is -0.237. The lowest BCUT2D eigenvalue weighted by atomic mass is 9.83. The highest BCUT2D eigenvalue weighted by molar-refractivity contribution is 6.09. The molecule has 6 heteroatoms. The van der Waals surface area contributed by atoms with E-state index >= 15 is 0 Å². The predicted octanol–water partition coefficient (Wildman–Crippen LogP) is 4.85. The second-order valence-corrected chi connectivity index (χ2v) is 10.2. The van der Waals surface area contributed by atoms with Gasteiger partial charge in [-0.05, 0) is 22.3 Å². The molecular weight excluding hydrogens is 484 g/mol. The molecule has 1 N–H and O–H groups in total. The van der Waals surface area contributed by atoms with E-state index in [4.69, 9.17) is 0 Å². The molecule has 0 aromatic heterocycles. The van der Waals surface area contributed by atoms with Gasteiger partial charge in [-0.3, -0.25) is 14.6 Å². The van der Waals surface area contributed by atoms with Crippen LogP contribution in [0.3, 0.4) is 0 Å². The Labute approximate surface area is 229 Å². The Kier molecular flexibility index (Phi) is 6.97. The monoisotopic (exact) mass is 516 g/mol. The van der Waals surface area contributed by atoms with E-state index in [-0.39, 0.29) is 24.6 Å². The van der Waals surface area contributed by atoms with Gasteiger partial charge in [-0.25, -0.2) is 9.69 Å². The summed E-state index contributed by atoms with van der Waals surface area (Å²) in [6, 6.07) is 40.0. The largest absolute Gasteiger partial charge is 0.326 e. The van der Waals surface area contributed by atoms with E-state index in [0.717, 1.165) is 37.3 Å². The fraction of sp³-hybridized carbons (Fsp3) is 0.212. The SMILES string of the molecule is O=C1NC(c2ccccc2)(c2ccccc2)C(=O)N1CN1CCN(C(c2ccccc2)c2ccccc2)CC1. The van der Waals surface area contributed by atoms with Crippen LogP contribution in [0.2, 0.25) is 0 Å². The smallest absolute Gasteiger partial charge is 0.315 e. The van der Waals surface area contributed by atoms with Crippen molar-refractivity contribution in [2.75, 3.05) is 32.8 Å². The number of piperazine rings is 1. The molecule has 2 fully saturated rings. The minimum Gasteiger partial charge on any atom is -0.315 e. The van der Waals surface area contributed by atoms with E-state index in [1.54, 1.807) is 0 Å². The average molecular weight is 517 g/mol. The summed E-state index contributed by atoms with van der Waals surface area (Å²) in [6.07, 6.45) is 0. The van der Waals surface area contributed by atoms with Gasteiger partial charge in [0.05, 0.1) is 12.7 Å². The second kappa shape index (κ2) is 10.8. The van der Waals surface area contributed by atoms with Crippen LogP contribution in [0.4, 0.5) is 4.79 Å². The van der Waals surface area contributed by atoms with E-state index < -0.39 is 5.54 Å². The number of carbonyl (C=O) groups excluding carboxylic acids is 2. The number of hydrogen-bond acceptors (Lipinski definition) is 4. The van der Waals surface area contributed by atoms with Crippen LogP contribution in [0.25, 0.3) is 0 Å². The van der Waals surface area contributed by atoms with E-state index in [1.807, 2.05) is 72.8 Å². The lowest BCUT2D eigenvalue weighted by Gasteiger charge is -2.40. The van der Waals surface area contributed by atoms with Gasteiger partial charge in [-0.1, -0.05) is 121 Å². The zero-order valence-electron chi connectivity index (χ0n) is 21.8. The van der Waals surface area contributed by atoms with Crippen molar-refractivity contribution in [2.45, 2.75) is 11.6 Å². The Bertz CT molecular complexity index is 1330. The van der Waals surface area contributed by atoms with Gasteiger partial charge in [-0.15, -0.1) is 0 Å². The highest BCUT2D eigenvalue weighted by atomic mass is 16.2. The maximum Gasteiger partial charge on any atom is 0.326 e. The molecular formula is C33H32N4O2. The molecule has 2 saturated heterocycles. The van der Waals surface area contributed by atoms with Crippen molar-refractivity contribution in [3.63, 3.8) is 0 Å². The molecule has 196 valence electrons. The Morgan fingerprint density at radius 1 is 0.615 bits per heavy atom. The summed E-state index contributed by atoms with van der Waals surface area (Å²) in [5.41, 5.74) is 2.82. The molecule has 0 spiro atoms. The Morgan fingerprint density at radius 3 is 1.51 bits per heavy atom. The third-order valence-corrected chi connectivity index (χ3v) is 7.86. The molecule has 2 aliphatic rings. The lowest BCUT2D eigenvalue weighted by Crippen LogP contribution is -2.52. The summed E-state index contributed by atoms with van der Waals surface area (Å²) < 4.78 is 0. The third-order valence-electron chi connectivity index (χ3n) is 7.86. The zero-order chi connectivity index (χ0) is 26.7. The molecule has 6 rings (SSSR count). The van der Waals surface area contributed by atoms with Gasteiger partial charge in [0.1, 0.15) is 0 Å². The lowest BCUT2D eigenvalue weighted by molar-refractivity contribution is -0.132. The Balaban J connectivity index is 1.20. The molecule has 0 atom stereocenters. The van der Waals surface area contributed by atoms with Gasteiger partial charge in [0.25, 0.3) is 5.91 Å². The molecule has 0 saturated carbocycles. The van der Waals surface area contributed by atoms with Crippen molar-refractivity contribution in [1.82, 2.24) is 20.0 Å². The van der Waals surface area contributed by atoms with Gasteiger partial charge >= 0.3 is 6.03 Å². The molecule has 4 aromatic carbocycles. The third kappa shape index (κ3) is 4.73. The standard InChI is InChI=1S/C33H32N4O2/c38-31-33(28-17-9-3-10-18-28,29-19-11-4-12-20-29)34-32(39)37(31)25-35-21-23-36(24-22-35)30(26-13-5-1-6-14-26)27-15-7-2-8-16-27/h1-20,30H,21-25H2,(H,34,39). The number of amides is 3. The van der Waals surface area contributed by atoms with Crippen molar-refractivity contribution in [1.29, 1.82) is 0 Å². The van der Waals surface area contributed by atoms with Crippen LogP contribution in [0.15, 0.2) is 121 Å². The molecule has 2 aliphatic heterocycles. The maximum absolute atomic E-state index is 14.1. The fourth-order valence-corrected chi connectivity index (χ4v) is 5.89. The topological polar surface area (TPSA) is 55.9 Å². The number of urea groups is 1. The normalized spacial score (nSPS) is 17.9. The van der Waals surface area contributed by atoms with Crippen LogP contribution in [0, 0.1) is 0 Å². The summed E-state index contributed by atoms with van der Waals surface area (Å²) in [4.78, 5) is 33.5. The molecule has 0 radical (unpaired) electrons. The zero-order valence-corrected chi connectivity index (χ0v) is 21.8. The number of imide groups is 1. The maximum atomic E-state index is 14.1. The minimum atomic E-state index is -1.23. The van der Waals surface area contributed by atoms with Crippen LogP contribution < -0.4 is 5.32 Å². The summed E-state index contributed by atoms with van der Waals surface area (Å²) >= 11 is 0. The van der Waals surface area contributed by atoms with E-state index in [1.165, 1.54) is 16.0 Å². The number of carbonyl (C=O) groups is 2. The molecule has 3 amide bonds. The molecule has 0 bridgehead atoms. The van der Waals surface area contributed by atoms with Gasteiger partial charge in [0.2, 0.25) is 0 Å². The molecule has 6 nitrogen and oxygen atoms in total. The van der Waals surface area contributed by atoms with E-state index in [0.29, 0.717) is 0 Å². The number of rotatable bonds is 7. The van der Waals surface area contributed by atoms with Crippen LogP contribution in [0.1, 0.15) is 28.3 Å². The van der Waals surface area contributed by atoms with Crippen LogP contribution in [-0.2, 0) is 10.3 Å². The van der Waals surface area contributed by atoms with Crippen LogP contribution in [0.5, 0.6) is 0 Å². The van der Waals surface area contributed by atoms with E-state index in [9.17, 15) is 9.59 Å². The van der Waals surface area contributed by atoms with Crippen molar-refractivity contribution in [2.24, 2.45) is 0 Å². The first-order chi connectivity index (χ1) is 19.2. The molecule has 0 unspecified atom stereocenters. The number of benzene rings is 4. The summed E-state index contributed by atoms with van der Waals surface area (Å²) in [7, 11) is 0. The van der Waals surface area contributed by atoms with Crippen molar-refractivity contribution in [3.8, 4) is 0 Å². The Morgan fingerprint density at radius 2 is 1.05 bits per heavy atom.